The first-order chi connectivity index (χ1) is 10.5. The van der Waals surface area contributed by atoms with Gasteiger partial charge in [-0.05, 0) is 25.1 Å². The fraction of sp³-hybridized carbons (Fsp3) is 0.357. The van der Waals surface area contributed by atoms with E-state index >= 15 is 0 Å². The molecule has 136 valence electrons. The summed E-state index contributed by atoms with van der Waals surface area (Å²) in [5, 5.41) is 2.20. The molecule has 0 saturated heterocycles. The van der Waals surface area contributed by atoms with Gasteiger partial charge in [0.15, 0.2) is 0 Å². The maximum Gasteiger partial charge on any atom is 0.411 e. The minimum atomic E-state index is -9.83. The Morgan fingerprint density at radius 2 is 1.79 bits per heavy atom. The molecule has 0 unspecified atom stereocenters. The fourth-order valence-electron chi connectivity index (χ4n) is 1.51. The first-order valence-corrected chi connectivity index (χ1v) is 12.3. The standard InChI is InChI=1S/C14H18F5NO2SSi/c1-5-22-14(21)20-13-7-6-12(23(15,16,17,18)19)10-11(13)8-9-24(2,3)4/h6-7,10H,5H2,1-4H3,(H,20,21). The van der Waals surface area contributed by atoms with Crippen molar-refractivity contribution in [2.45, 2.75) is 31.5 Å². The van der Waals surface area contributed by atoms with E-state index in [4.69, 9.17) is 0 Å². The molecule has 0 aromatic heterocycles. The number of hydrogen-bond donors (Lipinski definition) is 1. The zero-order valence-corrected chi connectivity index (χ0v) is 15.4. The number of anilines is 1. The average molecular weight is 387 g/mol. The van der Waals surface area contributed by atoms with Crippen LogP contribution in [0.25, 0.3) is 0 Å². The number of carbonyl (C=O) groups is 1. The van der Waals surface area contributed by atoms with E-state index in [0.717, 1.165) is 6.07 Å². The lowest BCUT2D eigenvalue weighted by Crippen LogP contribution is -2.17. The van der Waals surface area contributed by atoms with Gasteiger partial charge in [0.2, 0.25) is 0 Å². The van der Waals surface area contributed by atoms with Crippen LogP contribution in [0.1, 0.15) is 12.5 Å². The Hall–Kier alpha value is -1.73. The van der Waals surface area contributed by atoms with E-state index in [1.165, 1.54) is 0 Å². The summed E-state index contributed by atoms with van der Waals surface area (Å²) in [6, 6.07) is 1.23. The molecule has 1 amide bonds. The van der Waals surface area contributed by atoms with Crippen molar-refractivity contribution in [3.05, 3.63) is 23.8 Å². The van der Waals surface area contributed by atoms with E-state index in [-0.39, 0.29) is 30.0 Å². The molecule has 0 fully saturated rings. The molecule has 1 N–H and O–H groups in total. The number of nitrogens with one attached hydrogen (secondary N) is 1. The van der Waals surface area contributed by atoms with E-state index in [1.807, 2.05) is 19.6 Å². The van der Waals surface area contributed by atoms with Gasteiger partial charge in [-0.25, -0.2) is 4.79 Å². The molecule has 0 aliphatic rings. The number of halogens is 5. The number of carbonyl (C=O) groups excluding carboxylic acids is 1. The SMILES string of the molecule is CCOC(=O)Nc1ccc(S(F)(F)(F)(F)F)cc1C#C[Si](C)(C)C. The summed E-state index contributed by atoms with van der Waals surface area (Å²) >= 11 is 0. The van der Waals surface area contributed by atoms with Crippen molar-refractivity contribution in [1.82, 2.24) is 0 Å². The van der Waals surface area contributed by atoms with Crippen LogP contribution in [0.15, 0.2) is 23.1 Å². The minimum Gasteiger partial charge on any atom is -0.450 e. The van der Waals surface area contributed by atoms with E-state index in [1.54, 1.807) is 6.92 Å². The zero-order valence-electron chi connectivity index (χ0n) is 13.6. The van der Waals surface area contributed by atoms with Crippen LogP contribution in [-0.4, -0.2) is 20.8 Å². The van der Waals surface area contributed by atoms with Crippen molar-refractivity contribution in [3.63, 3.8) is 0 Å². The average Bonchev–Trinajstić information content (AvgIpc) is 2.33. The summed E-state index contributed by atoms with van der Waals surface area (Å²) in [5.74, 6) is 2.47. The number of ether oxygens (including phenoxy) is 1. The van der Waals surface area contributed by atoms with Crippen LogP contribution in [0.3, 0.4) is 0 Å². The van der Waals surface area contributed by atoms with Gasteiger partial charge in [-0.2, -0.15) is 0 Å². The van der Waals surface area contributed by atoms with Crippen molar-refractivity contribution >= 4 is 30.1 Å². The molecule has 1 aromatic carbocycles. The number of hydrogen-bond acceptors (Lipinski definition) is 2. The molecule has 0 aliphatic heterocycles. The van der Waals surface area contributed by atoms with Gasteiger partial charge < -0.3 is 4.74 Å². The largest absolute Gasteiger partial charge is 0.450 e. The van der Waals surface area contributed by atoms with Gasteiger partial charge in [-0.1, -0.05) is 45.0 Å². The molecule has 0 radical (unpaired) electrons. The Kier molecular flexibility index (Phi) is 4.79. The third kappa shape index (κ3) is 6.41. The highest BCUT2D eigenvalue weighted by molar-refractivity contribution is 8.45. The van der Waals surface area contributed by atoms with Crippen molar-refractivity contribution in [3.8, 4) is 11.5 Å². The highest BCUT2D eigenvalue weighted by atomic mass is 32.5. The predicted molar refractivity (Wildman–Crippen MR) is 88.7 cm³/mol. The number of benzene rings is 1. The van der Waals surface area contributed by atoms with Gasteiger partial charge >= 0.3 is 16.3 Å². The lowest BCUT2D eigenvalue weighted by Gasteiger charge is -2.40. The Morgan fingerprint density at radius 1 is 1.21 bits per heavy atom. The summed E-state index contributed by atoms with van der Waals surface area (Å²) in [6.45, 7) is 7.11. The molecule has 3 nitrogen and oxygen atoms in total. The zero-order chi connectivity index (χ0) is 18.9. The molecule has 24 heavy (non-hydrogen) atoms. The van der Waals surface area contributed by atoms with Crippen LogP contribution in [-0.2, 0) is 4.74 Å². The van der Waals surface area contributed by atoms with Crippen molar-refractivity contribution in [1.29, 1.82) is 0 Å². The van der Waals surface area contributed by atoms with Crippen LogP contribution < -0.4 is 5.32 Å². The van der Waals surface area contributed by atoms with Gasteiger partial charge in [-0.3, -0.25) is 5.32 Å². The highest BCUT2D eigenvalue weighted by Crippen LogP contribution is 3.02. The van der Waals surface area contributed by atoms with Crippen LogP contribution in [0, 0.1) is 11.5 Å². The number of rotatable bonds is 3. The monoisotopic (exact) mass is 387 g/mol. The molecule has 1 rings (SSSR count). The molecule has 10 heteroatoms. The summed E-state index contributed by atoms with van der Waals surface area (Å²) in [5.41, 5.74) is 2.33. The minimum absolute atomic E-state index is 0.0469. The van der Waals surface area contributed by atoms with E-state index in [2.05, 4.69) is 21.5 Å². The Bertz CT molecular complexity index is 717. The second kappa shape index (κ2) is 5.67. The molecule has 0 aliphatic carbocycles. The molecule has 0 saturated carbocycles. The Balaban J connectivity index is 3.46. The van der Waals surface area contributed by atoms with E-state index in [0.29, 0.717) is 0 Å². The molecular formula is C14H18F5NO2SSi. The van der Waals surface area contributed by atoms with Gasteiger partial charge in [0.25, 0.3) is 0 Å². The highest BCUT2D eigenvalue weighted by Gasteiger charge is 2.65. The maximum atomic E-state index is 13.0. The molecule has 0 atom stereocenters. The van der Waals surface area contributed by atoms with Crippen LogP contribution >= 0.6 is 10.2 Å². The first kappa shape index (κ1) is 20.3. The lowest BCUT2D eigenvalue weighted by molar-refractivity contribution is 0.168. The smallest absolute Gasteiger partial charge is 0.411 e. The Labute approximate surface area is 138 Å². The molecular weight excluding hydrogens is 369 g/mol. The second-order valence-corrected chi connectivity index (χ2v) is 13.2. The van der Waals surface area contributed by atoms with Crippen molar-refractivity contribution < 1.29 is 29.0 Å². The van der Waals surface area contributed by atoms with Gasteiger partial charge in [0.05, 0.1) is 12.3 Å². The van der Waals surface area contributed by atoms with E-state index in [9.17, 15) is 24.2 Å². The summed E-state index contributed by atoms with van der Waals surface area (Å²) in [4.78, 5) is 9.39. The third-order valence-electron chi connectivity index (χ3n) is 2.52. The van der Waals surface area contributed by atoms with Crippen molar-refractivity contribution in [2.24, 2.45) is 0 Å². The summed E-state index contributed by atoms with van der Waals surface area (Å²) < 4.78 is 69.5. The first-order valence-electron chi connectivity index (χ1n) is 6.87. The third-order valence-corrected chi connectivity index (χ3v) is 4.54. The van der Waals surface area contributed by atoms with E-state index < -0.39 is 29.3 Å². The second-order valence-electron chi connectivity index (χ2n) is 6.02. The fourth-order valence-corrected chi connectivity index (χ4v) is 2.68. The normalized spacial score (nSPS) is 14.7. The van der Waals surface area contributed by atoms with Crippen LogP contribution in [0.5, 0.6) is 0 Å². The molecule has 0 bridgehead atoms. The number of amides is 1. The predicted octanol–water partition coefficient (Wildman–Crippen LogP) is 6.14. The Morgan fingerprint density at radius 3 is 2.25 bits per heavy atom. The van der Waals surface area contributed by atoms with Crippen LogP contribution in [0.4, 0.5) is 29.9 Å². The molecule has 1 aromatic rings. The van der Waals surface area contributed by atoms with Gasteiger partial charge in [0.1, 0.15) is 13.0 Å². The topological polar surface area (TPSA) is 38.3 Å². The summed E-state index contributed by atoms with van der Waals surface area (Å²) in [7, 11) is -11.8. The quantitative estimate of drug-likeness (QED) is 0.384. The van der Waals surface area contributed by atoms with Crippen LogP contribution in [0.2, 0.25) is 19.6 Å². The maximum absolute atomic E-state index is 13.0. The summed E-state index contributed by atoms with van der Waals surface area (Å²) in [6.07, 6.45) is -0.909. The van der Waals surface area contributed by atoms with Gasteiger partial charge in [-0.15, -0.1) is 5.54 Å². The van der Waals surface area contributed by atoms with Crippen molar-refractivity contribution in [2.75, 3.05) is 11.9 Å². The molecule has 0 heterocycles. The molecule has 0 spiro atoms. The lowest BCUT2D eigenvalue weighted by atomic mass is 10.2. The van der Waals surface area contributed by atoms with Gasteiger partial charge in [0, 0.05) is 5.56 Å².